The monoisotopic (exact) mass is 307 g/mol. The van der Waals surface area contributed by atoms with Gasteiger partial charge in [0.05, 0.1) is 0 Å². The molecule has 0 aliphatic heterocycles. The van der Waals surface area contributed by atoms with Gasteiger partial charge in [-0.3, -0.25) is 5.32 Å². The first-order chi connectivity index (χ1) is 10.5. The van der Waals surface area contributed by atoms with Gasteiger partial charge in [0.25, 0.3) is 0 Å². The van der Waals surface area contributed by atoms with E-state index in [1.807, 2.05) is 13.8 Å². The molecule has 0 aliphatic carbocycles. The van der Waals surface area contributed by atoms with E-state index in [0.717, 1.165) is 12.1 Å². The highest BCUT2D eigenvalue weighted by molar-refractivity contribution is 5.88. The standard InChI is InChI=1S/C14H15F2N5O/c1-8(2)17-14(22)19-12-7-6-11(20-21-12)18-13-9(15)4-3-5-10(13)16/h3-8H,1-2H3,(H,18,20)(H2,17,19,21,22). The van der Waals surface area contributed by atoms with Crippen molar-refractivity contribution in [2.45, 2.75) is 19.9 Å². The molecule has 6 nitrogen and oxygen atoms in total. The molecule has 1 heterocycles. The van der Waals surface area contributed by atoms with Crippen LogP contribution in [0.3, 0.4) is 0 Å². The van der Waals surface area contributed by atoms with Crippen molar-refractivity contribution >= 4 is 23.4 Å². The maximum absolute atomic E-state index is 13.5. The fourth-order valence-corrected chi connectivity index (χ4v) is 1.63. The minimum Gasteiger partial charge on any atom is -0.336 e. The summed E-state index contributed by atoms with van der Waals surface area (Å²) >= 11 is 0. The van der Waals surface area contributed by atoms with Crippen molar-refractivity contribution in [3.63, 3.8) is 0 Å². The lowest BCUT2D eigenvalue weighted by molar-refractivity contribution is 0.250. The summed E-state index contributed by atoms with van der Waals surface area (Å²) in [5.41, 5.74) is -0.310. The van der Waals surface area contributed by atoms with Crippen LogP contribution in [0.4, 0.5) is 30.9 Å². The summed E-state index contributed by atoms with van der Waals surface area (Å²) in [4.78, 5) is 11.5. The van der Waals surface area contributed by atoms with Crippen LogP contribution >= 0.6 is 0 Å². The molecule has 1 aromatic heterocycles. The minimum atomic E-state index is -0.736. The number of para-hydroxylation sites is 1. The number of nitrogens with zero attached hydrogens (tertiary/aromatic N) is 2. The van der Waals surface area contributed by atoms with E-state index >= 15 is 0 Å². The van der Waals surface area contributed by atoms with E-state index in [0.29, 0.717) is 0 Å². The molecular weight excluding hydrogens is 292 g/mol. The molecule has 0 aliphatic rings. The fourth-order valence-electron chi connectivity index (χ4n) is 1.63. The average Bonchev–Trinajstić information content (AvgIpc) is 2.44. The van der Waals surface area contributed by atoms with E-state index in [-0.39, 0.29) is 23.4 Å². The van der Waals surface area contributed by atoms with Crippen molar-refractivity contribution in [3.8, 4) is 0 Å². The lowest BCUT2D eigenvalue weighted by atomic mass is 10.3. The van der Waals surface area contributed by atoms with Gasteiger partial charge in [0.1, 0.15) is 17.3 Å². The Kier molecular flexibility index (Phi) is 4.82. The first-order valence-corrected chi connectivity index (χ1v) is 6.58. The number of carbonyl (C=O) groups is 1. The van der Waals surface area contributed by atoms with E-state index in [1.165, 1.54) is 18.2 Å². The highest BCUT2D eigenvalue weighted by Gasteiger charge is 2.10. The SMILES string of the molecule is CC(C)NC(=O)Nc1ccc(Nc2c(F)cccc2F)nn1. The molecule has 2 rings (SSSR count). The van der Waals surface area contributed by atoms with E-state index in [1.54, 1.807) is 0 Å². The van der Waals surface area contributed by atoms with Crippen LogP contribution in [0.25, 0.3) is 0 Å². The molecule has 116 valence electrons. The largest absolute Gasteiger partial charge is 0.336 e. The zero-order valence-corrected chi connectivity index (χ0v) is 12.0. The third kappa shape index (κ3) is 4.11. The Labute approximate surface area is 125 Å². The van der Waals surface area contributed by atoms with Crippen LogP contribution in [0.5, 0.6) is 0 Å². The van der Waals surface area contributed by atoms with Crippen LogP contribution in [0.1, 0.15) is 13.8 Å². The summed E-state index contributed by atoms with van der Waals surface area (Å²) in [7, 11) is 0. The number of hydrogen-bond acceptors (Lipinski definition) is 4. The average molecular weight is 307 g/mol. The molecule has 0 atom stereocenters. The Morgan fingerprint density at radius 3 is 2.18 bits per heavy atom. The number of rotatable bonds is 4. The fraction of sp³-hybridized carbons (Fsp3) is 0.214. The maximum atomic E-state index is 13.5. The summed E-state index contributed by atoms with van der Waals surface area (Å²) in [5, 5.41) is 15.1. The number of benzene rings is 1. The Morgan fingerprint density at radius 1 is 1.05 bits per heavy atom. The van der Waals surface area contributed by atoms with Crippen LogP contribution < -0.4 is 16.0 Å². The van der Waals surface area contributed by atoms with Gasteiger partial charge in [-0.25, -0.2) is 13.6 Å². The van der Waals surface area contributed by atoms with Gasteiger partial charge in [-0.2, -0.15) is 0 Å². The molecule has 0 bridgehead atoms. The van der Waals surface area contributed by atoms with Gasteiger partial charge in [0, 0.05) is 6.04 Å². The van der Waals surface area contributed by atoms with Gasteiger partial charge >= 0.3 is 6.03 Å². The summed E-state index contributed by atoms with van der Waals surface area (Å²) in [6, 6.07) is 6.01. The lowest BCUT2D eigenvalue weighted by Gasteiger charge is -2.10. The molecule has 2 amide bonds. The maximum Gasteiger partial charge on any atom is 0.320 e. The van der Waals surface area contributed by atoms with Crippen LogP contribution in [-0.2, 0) is 0 Å². The van der Waals surface area contributed by atoms with Crippen LogP contribution in [0.15, 0.2) is 30.3 Å². The van der Waals surface area contributed by atoms with Crippen molar-refractivity contribution in [3.05, 3.63) is 42.0 Å². The molecular formula is C14H15F2N5O. The number of aromatic nitrogens is 2. The summed E-state index contributed by atoms with van der Waals surface area (Å²) in [6.07, 6.45) is 0. The first kappa shape index (κ1) is 15.6. The topological polar surface area (TPSA) is 78.9 Å². The minimum absolute atomic E-state index is 0.0158. The quantitative estimate of drug-likeness (QED) is 0.811. The number of halogens is 2. The van der Waals surface area contributed by atoms with Crippen molar-refractivity contribution in [2.24, 2.45) is 0 Å². The molecule has 1 aromatic carbocycles. The van der Waals surface area contributed by atoms with Gasteiger partial charge in [0.2, 0.25) is 0 Å². The third-order valence-electron chi connectivity index (χ3n) is 2.54. The lowest BCUT2D eigenvalue weighted by Crippen LogP contribution is -2.34. The number of hydrogen-bond donors (Lipinski definition) is 3. The number of nitrogens with one attached hydrogen (secondary N) is 3. The first-order valence-electron chi connectivity index (χ1n) is 6.58. The van der Waals surface area contributed by atoms with Gasteiger partial charge in [-0.1, -0.05) is 6.07 Å². The van der Waals surface area contributed by atoms with Crippen LogP contribution in [0, 0.1) is 11.6 Å². The molecule has 0 spiro atoms. The number of anilines is 3. The summed E-state index contributed by atoms with van der Waals surface area (Å²) < 4.78 is 27.0. The molecule has 2 aromatic rings. The number of amides is 2. The van der Waals surface area contributed by atoms with E-state index in [9.17, 15) is 13.6 Å². The second kappa shape index (κ2) is 6.79. The zero-order chi connectivity index (χ0) is 16.1. The molecule has 0 radical (unpaired) electrons. The molecule has 22 heavy (non-hydrogen) atoms. The number of carbonyl (C=O) groups excluding carboxylic acids is 1. The van der Waals surface area contributed by atoms with E-state index in [2.05, 4.69) is 26.1 Å². The molecule has 0 saturated heterocycles. The Bertz CT molecular complexity index is 641. The Hall–Kier alpha value is -2.77. The number of urea groups is 1. The Morgan fingerprint density at radius 2 is 1.64 bits per heavy atom. The zero-order valence-electron chi connectivity index (χ0n) is 12.0. The van der Waals surface area contributed by atoms with Gasteiger partial charge < -0.3 is 10.6 Å². The second-order valence-electron chi connectivity index (χ2n) is 4.78. The van der Waals surface area contributed by atoms with Gasteiger partial charge in [0.15, 0.2) is 11.6 Å². The normalized spacial score (nSPS) is 10.4. The molecule has 0 unspecified atom stereocenters. The Balaban J connectivity index is 2.05. The van der Waals surface area contributed by atoms with E-state index < -0.39 is 17.7 Å². The molecule has 0 saturated carbocycles. The molecule has 8 heteroatoms. The van der Waals surface area contributed by atoms with Gasteiger partial charge in [-0.15, -0.1) is 10.2 Å². The highest BCUT2D eigenvalue weighted by Crippen LogP contribution is 2.21. The van der Waals surface area contributed by atoms with Crippen molar-refractivity contribution < 1.29 is 13.6 Å². The smallest absolute Gasteiger partial charge is 0.320 e. The summed E-state index contributed by atoms with van der Waals surface area (Å²) in [6.45, 7) is 3.64. The predicted molar refractivity (Wildman–Crippen MR) is 79.0 cm³/mol. The van der Waals surface area contributed by atoms with Gasteiger partial charge in [-0.05, 0) is 38.1 Å². The predicted octanol–water partition coefficient (Wildman–Crippen LogP) is 3.03. The van der Waals surface area contributed by atoms with Crippen LogP contribution in [0.2, 0.25) is 0 Å². The van der Waals surface area contributed by atoms with Crippen molar-refractivity contribution in [1.29, 1.82) is 0 Å². The van der Waals surface area contributed by atoms with E-state index in [4.69, 9.17) is 0 Å². The second-order valence-corrected chi connectivity index (χ2v) is 4.78. The highest BCUT2D eigenvalue weighted by atomic mass is 19.1. The molecule has 0 fully saturated rings. The van der Waals surface area contributed by atoms with Crippen molar-refractivity contribution in [2.75, 3.05) is 10.6 Å². The van der Waals surface area contributed by atoms with Crippen molar-refractivity contribution in [1.82, 2.24) is 15.5 Å². The molecule has 3 N–H and O–H groups in total. The van der Waals surface area contributed by atoms with Crippen LogP contribution in [-0.4, -0.2) is 22.3 Å². The third-order valence-corrected chi connectivity index (χ3v) is 2.54. The summed E-state index contributed by atoms with van der Waals surface area (Å²) in [5.74, 6) is -1.10.